The molecule has 0 spiro atoms. The predicted molar refractivity (Wildman–Crippen MR) is 104 cm³/mol. The average molecular weight is 387 g/mol. The first-order valence-corrected chi connectivity index (χ1v) is 8.49. The van der Waals surface area contributed by atoms with Crippen molar-refractivity contribution < 1.29 is 14.7 Å². The van der Waals surface area contributed by atoms with Crippen LogP contribution in [-0.2, 0) is 4.79 Å². The molecule has 4 N–H and O–H groups in total. The van der Waals surface area contributed by atoms with Gasteiger partial charge in [0.25, 0.3) is 11.8 Å². The van der Waals surface area contributed by atoms with Crippen LogP contribution in [0.1, 0.15) is 22.8 Å². The summed E-state index contributed by atoms with van der Waals surface area (Å²) in [7, 11) is 0. The van der Waals surface area contributed by atoms with Crippen molar-refractivity contribution in [2.24, 2.45) is 0 Å². The Labute approximate surface area is 162 Å². The van der Waals surface area contributed by atoms with Crippen LogP contribution in [0.25, 0.3) is 4.85 Å². The fraction of sp³-hybridized carbons (Fsp3) is 0.211. The van der Waals surface area contributed by atoms with E-state index in [2.05, 4.69) is 21.0 Å². The summed E-state index contributed by atoms with van der Waals surface area (Å²) in [5.41, 5.74) is 6.37. The number of amides is 2. The standard InChI is InChI=1S/C19H19ClN4O3/c1-11-14(9-10-15(21-3)16(11)20)22-17(12(2)25)19(27)24-23-18(26)13-7-5-4-6-8-13/h4-10,12,17,22,25H,1-2H3,(H,23,26)(H,24,27)/t12-,17-/m1/s1. The first-order valence-electron chi connectivity index (χ1n) is 8.11. The van der Waals surface area contributed by atoms with Crippen LogP contribution in [-0.4, -0.2) is 29.1 Å². The summed E-state index contributed by atoms with van der Waals surface area (Å²) < 4.78 is 0. The van der Waals surface area contributed by atoms with Gasteiger partial charge < -0.3 is 10.4 Å². The summed E-state index contributed by atoms with van der Waals surface area (Å²) in [4.78, 5) is 27.7. The van der Waals surface area contributed by atoms with Crippen LogP contribution in [0.15, 0.2) is 42.5 Å². The molecule has 0 heterocycles. The molecule has 2 atom stereocenters. The number of carbonyl (C=O) groups is 2. The number of hydrogen-bond donors (Lipinski definition) is 4. The second kappa shape index (κ2) is 9.03. The highest BCUT2D eigenvalue weighted by molar-refractivity contribution is 6.34. The molecule has 0 saturated carbocycles. The van der Waals surface area contributed by atoms with Crippen molar-refractivity contribution in [3.05, 3.63) is 70.0 Å². The van der Waals surface area contributed by atoms with E-state index in [4.69, 9.17) is 18.2 Å². The van der Waals surface area contributed by atoms with Gasteiger partial charge in [-0.1, -0.05) is 35.9 Å². The molecule has 0 aromatic heterocycles. The molecule has 0 aliphatic heterocycles. The lowest BCUT2D eigenvalue weighted by atomic mass is 10.1. The monoisotopic (exact) mass is 386 g/mol. The third-order valence-corrected chi connectivity index (χ3v) is 4.37. The molecule has 2 amide bonds. The molecule has 2 aromatic rings. The minimum Gasteiger partial charge on any atom is -0.391 e. The van der Waals surface area contributed by atoms with Crippen molar-refractivity contribution in [3.63, 3.8) is 0 Å². The van der Waals surface area contributed by atoms with Gasteiger partial charge in [-0.15, -0.1) is 0 Å². The average Bonchev–Trinajstić information content (AvgIpc) is 2.67. The summed E-state index contributed by atoms with van der Waals surface area (Å²) in [5.74, 6) is -1.10. The van der Waals surface area contributed by atoms with Gasteiger partial charge in [0.15, 0.2) is 0 Å². The van der Waals surface area contributed by atoms with E-state index in [9.17, 15) is 14.7 Å². The summed E-state index contributed by atoms with van der Waals surface area (Å²) in [5, 5.41) is 13.1. The third kappa shape index (κ3) is 4.97. The number of nitrogens with one attached hydrogen (secondary N) is 3. The smallest absolute Gasteiger partial charge is 0.269 e. The Hall–Kier alpha value is -3.08. The number of aliphatic hydroxyl groups is 1. The summed E-state index contributed by atoms with van der Waals surface area (Å²) >= 11 is 6.14. The van der Waals surface area contributed by atoms with E-state index in [1.165, 1.54) is 13.0 Å². The number of carbonyl (C=O) groups excluding carboxylic acids is 2. The van der Waals surface area contributed by atoms with Gasteiger partial charge in [0.05, 0.1) is 17.7 Å². The lowest BCUT2D eigenvalue weighted by molar-refractivity contribution is -0.124. The van der Waals surface area contributed by atoms with Gasteiger partial charge in [-0.05, 0) is 37.6 Å². The molecular weight excluding hydrogens is 368 g/mol. The molecule has 0 fully saturated rings. The van der Waals surface area contributed by atoms with Gasteiger partial charge >= 0.3 is 0 Å². The summed E-state index contributed by atoms with van der Waals surface area (Å²) in [6.45, 7) is 10.2. The number of benzene rings is 2. The molecule has 2 aromatic carbocycles. The normalized spacial score (nSPS) is 12.4. The second-order valence-electron chi connectivity index (χ2n) is 5.86. The van der Waals surface area contributed by atoms with Crippen LogP contribution in [0.4, 0.5) is 11.4 Å². The van der Waals surface area contributed by atoms with Crippen molar-refractivity contribution in [1.82, 2.24) is 10.9 Å². The van der Waals surface area contributed by atoms with Gasteiger partial charge in [0.2, 0.25) is 5.69 Å². The SMILES string of the molecule is [C-]#[N+]c1ccc(N[C@@H](C(=O)NNC(=O)c2ccccc2)[C@@H](C)O)c(C)c1Cl. The van der Waals surface area contributed by atoms with E-state index in [1.54, 1.807) is 43.3 Å². The summed E-state index contributed by atoms with van der Waals surface area (Å²) in [6.07, 6.45) is -1.06. The number of hydrogen-bond acceptors (Lipinski definition) is 4. The quantitative estimate of drug-likeness (QED) is 0.469. The van der Waals surface area contributed by atoms with Crippen LogP contribution in [0, 0.1) is 13.5 Å². The van der Waals surface area contributed by atoms with Gasteiger partial charge in [-0.2, -0.15) is 0 Å². The Morgan fingerprint density at radius 1 is 1.15 bits per heavy atom. The maximum absolute atomic E-state index is 12.4. The van der Waals surface area contributed by atoms with E-state index >= 15 is 0 Å². The van der Waals surface area contributed by atoms with Crippen LogP contribution in [0.5, 0.6) is 0 Å². The largest absolute Gasteiger partial charge is 0.391 e. The van der Waals surface area contributed by atoms with Gasteiger partial charge in [0, 0.05) is 11.3 Å². The number of rotatable bonds is 5. The lowest BCUT2D eigenvalue weighted by Crippen LogP contribution is -2.52. The van der Waals surface area contributed by atoms with Crippen molar-refractivity contribution >= 4 is 34.8 Å². The molecule has 2 rings (SSSR count). The van der Waals surface area contributed by atoms with Gasteiger partial charge in [0.1, 0.15) is 6.04 Å². The topological polar surface area (TPSA) is 94.8 Å². The molecule has 27 heavy (non-hydrogen) atoms. The molecule has 140 valence electrons. The Bertz CT molecular complexity index is 879. The minimum atomic E-state index is -1.06. The molecule has 0 radical (unpaired) electrons. The molecule has 0 unspecified atom stereocenters. The Balaban J connectivity index is 2.09. The minimum absolute atomic E-state index is 0.275. The van der Waals surface area contributed by atoms with E-state index in [-0.39, 0.29) is 5.02 Å². The molecule has 0 aliphatic carbocycles. The molecular formula is C19H19ClN4O3. The number of nitrogens with zero attached hydrogens (tertiary/aromatic N) is 1. The van der Waals surface area contributed by atoms with Gasteiger partial charge in [-0.25, -0.2) is 4.85 Å². The zero-order valence-electron chi connectivity index (χ0n) is 14.8. The van der Waals surface area contributed by atoms with E-state index in [0.29, 0.717) is 22.5 Å². The van der Waals surface area contributed by atoms with Gasteiger partial charge in [-0.3, -0.25) is 20.4 Å². The highest BCUT2D eigenvalue weighted by Crippen LogP contribution is 2.33. The number of aliphatic hydroxyl groups excluding tert-OH is 1. The molecule has 7 nitrogen and oxygen atoms in total. The highest BCUT2D eigenvalue weighted by Gasteiger charge is 2.25. The molecule has 8 heteroatoms. The zero-order chi connectivity index (χ0) is 20.0. The molecule has 0 bridgehead atoms. The highest BCUT2D eigenvalue weighted by atomic mass is 35.5. The first-order chi connectivity index (χ1) is 12.8. The van der Waals surface area contributed by atoms with E-state index in [0.717, 1.165) is 0 Å². The number of halogens is 1. The summed E-state index contributed by atoms with van der Waals surface area (Å²) in [6, 6.07) is 10.5. The van der Waals surface area contributed by atoms with Crippen molar-refractivity contribution in [3.8, 4) is 0 Å². The fourth-order valence-corrected chi connectivity index (χ4v) is 2.55. The Kier molecular flexibility index (Phi) is 6.77. The van der Waals surface area contributed by atoms with E-state index in [1.807, 2.05) is 0 Å². The predicted octanol–water partition coefficient (Wildman–Crippen LogP) is 2.82. The number of hydrazine groups is 1. The van der Waals surface area contributed by atoms with Crippen LogP contribution in [0.2, 0.25) is 5.02 Å². The van der Waals surface area contributed by atoms with Crippen molar-refractivity contribution in [1.29, 1.82) is 0 Å². The Morgan fingerprint density at radius 2 is 1.81 bits per heavy atom. The van der Waals surface area contributed by atoms with Crippen molar-refractivity contribution in [2.45, 2.75) is 26.0 Å². The van der Waals surface area contributed by atoms with Crippen LogP contribution in [0.3, 0.4) is 0 Å². The number of anilines is 1. The maximum Gasteiger partial charge on any atom is 0.269 e. The van der Waals surface area contributed by atoms with Crippen molar-refractivity contribution in [2.75, 3.05) is 5.32 Å². The first kappa shape index (κ1) is 20.2. The molecule has 0 saturated heterocycles. The lowest BCUT2D eigenvalue weighted by Gasteiger charge is -2.23. The van der Waals surface area contributed by atoms with Crippen LogP contribution >= 0.6 is 11.6 Å². The van der Waals surface area contributed by atoms with E-state index < -0.39 is 24.0 Å². The second-order valence-corrected chi connectivity index (χ2v) is 6.23. The Morgan fingerprint density at radius 3 is 2.41 bits per heavy atom. The zero-order valence-corrected chi connectivity index (χ0v) is 15.5. The maximum atomic E-state index is 12.4. The fourth-order valence-electron chi connectivity index (χ4n) is 2.34. The van der Waals surface area contributed by atoms with Crippen LogP contribution < -0.4 is 16.2 Å². The third-order valence-electron chi connectivity index (χ3n) is 3.90. The molecule has 0 aliphatic rings.